The number of amides is 2. The second-order valence-electron chi connectivity index (χ2n) is 5.65. The molecule has 3 N–H and O–H groups in total. The standard InChI is InChI=1S/C14H18ClFN2O3/c1-14(2,3)10(19)7-17-12(20)13(21)18-9-6-4-5-8(15)11(9)16/h4-6,10,19H,7H2,1-3H3,(H,17,20)(H,18,21). The molecule has 0 spiro atoms. The Morgan fingerprint density at radius 3 is 2.52 bits per heavy atom. The minimum atomic E-state index is -1.03. The van der Waals surface area contributed by atoms with Gasteiger partial charge in [0.2, 0.25) is 0 Å². The fraction of sp³-hybridized carbons (Fsp3) is 0.429. The van der Waals surface area contributed by atoms with Crippen LogP contribution >= 0.6 is 11.6 Å². The van der Waals surface area contributed by atoms with Crippen LogP contribution in [0.15, 0.2) is 18.2 Å². The first kappa shape index (κ1) is 17.4. The molecule has 0 fully saturated rings. The van der Waals surface area contributed by atoms with Crippen LogP contribution in [-0.4, -0.2) is 29.6 Å². The Hall–Kier alpha value is -1.66. The number of carbonyl (C=O) groups excluding carboxylic acids is 2. The topological polar surface area (TPSA) is 78.4 Å². The van der Waals surface area contributed by atoms with Crippen LogP contribution in [0.3, 0.4) is 0 Å². The van der Waals surface area contributed by atoms with Crippen LogP contribution in [0.25, 0.3) is 0 Å². The molecule has 1 atom stereocenters. The summed E-state index contributed by atoms with van der Waals surface area (Å²) in [5.41, 5.74) is -0.609. The van der Waals surface area contributed by atoms with E-state index in [1.165, 1.54) is 18.2 Å². The smallest absolute Gasteiger partial charge is 0.313 e. The highest BCUT2D eigenvalue weighted by Gasteiger charge is 2.24. The van der Waals surface area contributed by atoms with E-state index in [4.69, 9.17) is 11.6 Å². The Morgan fingerprint density at radius 2 is 1.95 bits per heavy atom. The Morgan fingerprint density at radius 1 is 1.33 bits per heavy atom. The summed E-state index contributed by atoms with van der Waals surface area (Å²) in [4.78, 5) is 23.2. The van der Waals surface area contributed by atoms with Crippen LogP contribution in [0.1, 0.15) is 20.8 Å². The first-order valence-corrected chi connectivity index (χ1v) is 6.72. The lowest BCUT2D eigenvalue weighted by Gasteiger charge is -2.25. The van der Waals surface area contributed by atoms with Crippen LogP contribution in [0.4, 0.5) is 10.1 Å². The fourth-order valence-electron chi connectivity index (χ4n) is 1.36. The van der Waals surface area contributed by atoms with Gasteiger partial charge in [-0.05, 0) is 17.5 Å². The van der Waals surface area contributed by atoms with Gasteiger partial charge >= 0.3 is 11.8 Å². The minimum Gasteiger partial charge on any atom is -0.391 e. The van der Waals surface area contributed by atoms with Crippen molar-refractivity contribution < 1.29 is 19.1 Å². The van der Waals surface area contributed by atoms with E-state index in [0.29, 0.717) is 0 Å². The van der Waals surface area contributed by atoms with E-state index < -0.39 is 29.2 Å². The first-order chi connectivity index (χ1) is 9.62. The Labute approximate surface area is 127 Å². The summed E-state index contributed by atoms with van der Waals surface area (Å²) >= 11 is 5.57. The van der Waals surface area contributed by atoms with Crippen molar-refractivity contribution in [3.8, 4) is 0 Å². The van der Waals surface area contributed by atoms with Crippen molar-refractivity contribution in [3.63, 3.8) is 0 Å². The molecule has 0 bridgehead atoms. The van der Waals surface area contributed by atoms with Gasteiger partial charge < -0.3 is 15.7 Å². The van der Waals surface area contributed by atoms with Crippen molar-refractivity contribution in [3.05, 3.63) is 29.0 Å². The zero-order valence-electron chi connectivity index (χ0n) is 12.0. The van der Waals surface area contributed by atoms with E-state index in [9.17, 15) is 19.1 Å². The third-order valence-electron chi connectivity index (χ3n) is 2.86. The van der Waals surface area contributed by atoms with Crippen molar-refractivity contribution in [2.45, 2.75) is 26.9 Å². The molecule has 0 aromatic heterocycles. The van der Waals surface area contributed by atoms with Crippen molar-refractivity contribution in [2.24, 2.45) is 5.41 Å². The Balaban J connectivity index is 2.60. The second-order valence-corrected chi connectivity index (χ2v) is 6.05. The minimum absolute atomic E-state index is 0.0756. The number of benzene rings is 1. The lowest BCUT2D eigenvalue weighted by Crippen LogP contribution is -2.43. The van der Waals surface area contributed by atoms with E-state index in [1.54, 1.807) is 20.8 Å². The molecule has 0 heterocycles. The molecule has 0 saturated carbocycles. The van der Waals surface area contributed by atoms with Crippen molar-refractivity contribution >= 4 is 29.1 Å². The number of hydrogen-bond acceptors (Lipinski definition) is 3. The summed E-state index contributed by atoms with van der Waals surface area (Å²) in [6.07, 6.45) is -0.808. The van der Waals surface area contributed by atoms with Crippen molar-refractivity contribution in [2.75, 3.05) is 11.9 Å². The monoisotopic (exact) mass is 316 g/mol. The molecule has 1 rings (SSSR count). The van der Waals surface area contributed by atoms with Crippen LogP contribution in [0.5, 0.6) is 0 Å². The number of nitrogens with one attached hydrogen (secondary N) is 2. The van der Waals surface area contributed by atoms with Crippen molar-refractivity contribution in [1.29, 1.82) is 0 Å². The Bertz CT molecular complexity index is 544. The number of aliphatic hydroxyl groups is 1. The molecule has 21 heavy (non-hydrogen) atoms. The first-order valence-electron chi connectivity index (χ1n) is 6.34. The van der Waals surface area contributed by atoms with Gasteiger partial charge in [0, 0.05) is 6.54 Å². The van der Waals surface area contributed by atoms with Gasteiger partial charge in [0.25, 0.3) is 0 Å². The van der Waals surface area contributed by atoms with Crippen LogP contribution in [-0.2, 0) is 9.59 Å². The number of anilines is 1. The quantitative estimate of drug-likeness (QED) is 0.746. The van der Waals surface area contributed by atoms with Gasteiger partial charge in [0.15, 0.2) is 5.82 Å². The summed E-state index contributed by atoms with van der Waals surface area (Å²) < 4.78 is 13.6. The van der Waals surface area contributed by atoms with Crippen LogP contribution < -0.4 is 10.6 Å². The molecule has 5 nitrogen and oxygen atoms in total. The average molecular weight is 317 g/mol. The number of hydrogen-bond donors (Lipinski definition) is 3. The van der Waals surface area contributed by atoms with Gasteiger partial charge in [-0.1, -0.05) is 38.4 Å². The van der Waals surface area contributed by atoms with Crippen LogP contribution in [0.2, 0.25) is 5.02 Å². The molecular weight excluding hydrogens is 299 g/mol. The van der Waals surface area contributed by atoms with Gasteiger partial charge in [0.05, 0.1) is 16.8 Å². The maximum atomic E-state index is 13.6. The number of halogens is 2. The Kier molecular flexibility index (Phi) is 5.69. The highest BCUT2D eigenvalue weighted by Crippen LogP contribution is 2.22. The number of rotatable bonds is 3. The van der Waals surface area contributed by atoms with E-state index in [-0.39, 0.29) is 17.3 Å². The fourth-order valence-corrected chi connectivity index (χ4v) is 1.53. The number of carbonyl (C=O) groups is 2. The molecule has 116 valence electrons. The average Bonchev–Trinajstić information content (AvgIpc) is 2.39. The molecule has 1 aromatic carbocycles. The third kappa shape index (κ3) is 4.99. The van der Waals surface area contributed by atoms with Gasteiger partial charge in [-0.3, -0.25) is 9.59 Å². The second kappa shape index (κ2) is 6.87. The zero-order valence-corrected chi connectivity index (χ0v) is 12.8. The molecule has 0 aliphatic heterocycles. The zero-order chi connectivity index (χ0) is 16.2. The van der Waals surface area contributed by atoms with Crippen molar-refractivity contribution in [1.82, 2.24) is 5.32 Å². The molecule has 0 aliphatic rings. The van der Waals surface area contributed by atoms with E-state index >= 15 is 0 Å². The summed E-state index contributed by atoms with van der Waals surface area (Å²) in [6, 6.07) is 4.06. The molecule has 1 aromatic rings. The molecule has 0 aliphatic carbocycles. The van der Waals surface area contributed by atoms with Gasteiger partial charge in [-0.2, -0.15) is 0 Å². The molecule has 0 radical (unpaired) electrons. The van der Waals surface area contributed by atoms with Gasteiger partial charge in [0.1, 0.15) is 0 Å². The molecule has 7 heteroatoms. The maximum absolute atomic E-state index is 13.6. The van der Waals surface area contributed by atoms with Gasteiger partial charge in [-0.15, -0.1) is 0 Å². The molecular formula is C14H18ClFN2O3. The van der Waals surface area contributed by atoms with Crippen LogP contribution in [0, 0.1) is 11.2 Å². The highest BCUT2D eigenvalue weighted by atomic mass is 35.5. The molecule has 0 saturated heterocycles. The third-order valence-corrected chi connectivity index (χ3v) is 3.15. The summed E-state index contributed by atoms with van der Waals surface area (Å²) in [5, 5.41) is 14.0. The predicted octanol–water partition coefficient (Wildman–Crippen LogP) is 1.94. The summed E-state index contributed by atoms with van der Waals surface area (Å²) in [7, 11) is 0. The lowest BCUT2D eigenvalue weighted by atomic mass is 9.89. The summed E-state index contributed by atoms with van der Waals surface area (Å²) in [6.45, 7) is 5.31. The summed E-state index contributed by atoms with van der Waals surface area (Å²) in [5.74, 6) is -2.80. The lowest BCUT2D eigenvalue weighted by molar-refractivity contribution is -0.136. The SMILES string of the molecule is CC(C)(C)C(O)CNC(=O)C(=O)Nc1cccc(Cl)c1F. The largest absolute Gasteiger partial charge is 0.391 e. The van der Waals surface area contributed by atoms with Gasteiger partial charge in [-0.25, -0.2) is 4.39 Å². The maximum Gasteiger partial charge on any atom is 0.313 e. The van der Waals surface area contributed by atoms with E-state index in [0.717, 1.165) is 0 Å². The molecule has 1 unspecified atom stereocenters. The van der Waals surface area contributed by atoms with E-state index in [1.807, 2.05) is 0 Å². The van der Waals surface area contributed by atoms with E-state index in [2.05, 4.69) is 10.6 Å². The molecule has 2 amide bonds. The number of aliphatic hydroxyl groups excluding tert-OH is 1. The highest BCUT2D eigenvalue weighted by molar-refractivity contribution is 6.39. The normalized spacial score (nSPS) is 12.7. The predicted molar refractivity (Wildman–Crippen MR) is 78.5 cm³/mol.